The minimum Gasteiger partial charge on any atom is -0.343 e. The molecule has 5 nitrogen and oxygen atoms in total. The first-order valence-corrected chi connectivity index (χ1v) is 9.23. The number of anilines is 2. The van der Waals surface area contributed by atoms with Crippen LogP contribution in [0.25, 0.3) is 10.9 Å². The Hall–Kier alpha value is -3.88. The van der Waals surface area contributed by atoms with Crippen molar-refractivity contribution in [1.29, 1.82) is 0 Å². The van der Waals surface area contributed by atoms with Gasteiger partial charge in [-0.2, -0.15) is 13.2 Å². The minimum atomic E-state index is -4.65. The van der Waals surface area contributed by atoms with Gasteiger partial charge in [0, 0.05) is 30.5 Å². The Bertz CT molecular complexity index is 1240. The number of halogens is 4. The first kappa shape index (κ1) is 20.4. The van der Waals surface area contributed by atoms with E-state index >= 15 is 0 Å². The lowest BCUT2D eigenvalue weighted by Gasteiger charge is -2.12. The van der Waals surface area contributed by atoms with Crippen LogP contribution in [0, 0.1) is 5.82 Å². The fourth-order valence-corrected chi connectivity index (χ4v) is 3.23. The zero-order valence-corrected chi connectivity index (χ0v) is 15.9. The van der Waals surface area contributed by atoms with Crippen LogP contribution in [0.3, 0.4) is 0 Å². The van der Waals surface area contributed by atoms with Crippen molar-refractivity contribution in [3.8, 4) is 0 Å². The van der Waals surface area contributed by atoms with Gasteiger partial charge in [-0.1, -0.05) is 6.07 Å². The molecule has 9 heteroatoms. The summed E-state index contributed by atoms with van der Waals surface area (Å²) >= 11 is 0. The largest absolute Gasteiger partial charge is 0.416 e. The molecule has 4 rings (SSSR count). The molecule has 0 fully saturated rings. The van der Waals surface area contributed by atoms with Gasteiger partial charge in [-0.3, -0.25) is 4.98 Å². The maximum atomic E-state index is 13.9. The number of hydrogen-bond acceptors (Lipinski definition) is 2. The molecule has 2 aromatic carbocycles. The Morgan fingerprint density at radius 3 is 2.45 bits per heavy atom. The molecule has 0 radical (unpaired) electrons. The third-order valence-corrected chi connectivity index (χ3v) is 4.71. The number of nitrogens with zero attached hydrogens (tertiary/aromatic N) is 2. The van der Waals surface area contributed by atoms with Gasteiger partial charge in [0.05, 0.1) is 22.5 Å². The Morgan fingerprint density at radius 2 is 1.71 bits per heavy atom. The molecule has 0 saturated heterocycles. The average Bonchev–Trinajstić information content (AvgIpc) is 3.13. The SMILES string of the molecule is O=C(Nc1cc(C(F)(F)F)ccc1F)Nc1cccc2c1ccn2Cc1ccncc1. The van der Waals surface area contributed by atoms with Crippen LogP contribution >= 0.6 is 0 Å². The van der Waals surface area contributed by atoms with Gasteiger partial charge >= 0.3 is 12.2 Å². The van der Waals surface area contributed by atoms with Gasteiger partial charge in [0.25, 0.3) is 0 Å². The molecule has 31 heavy (non-hydrogen) atoms. The number of pyridine rings is 1. The number of urea groups is 1. The second-order valence-electron chi connectivity index (χ2n) is 6.81. The molecule has 0 unspecified atom stereocenters. The van der Waals surface area contributed by atoms with E-state index in [9.17, 15) is 22.4 Å². The third-order valence-electron chi connectivity index (χ3n) is 4.71. The molecular weight excluding hydrogens is 412 g/mol. The van der Waals surface area contributed by atoms with E-state index in [1.807, 2.05) is 35.0 Å². The lowest BCUT2D eigenvalue weighted by atomic mass is 10.2. The van der Waals surface area contributed by atoms with Gasteiger partial charge in [-0.05, 0) is 54.1 Å². The summed E-state index contributed by atoms with van der Waals surface area (Å²) in [6, 6.07) is 11.9. The molecule has 0 atom stereocenters. The number of nitrogens with one attached hydrogen (secondary N) is 2. The fraction of sp³-hybridized carbons (Fsp3) is 0.0909. The standard InChI is InChI=1S/C22H16F4N4O/c23-17-5-4-15(22(24,25)26)12-19(17)29-21(31)28-18-2-1-3-20-16(18)8-11-30(20)13-14-6-9-27-10-7-14/h1-12H,13H2,(H2,28,29,31). The number of carbonyl (C=O) groups excluding carboxylic acids is 1. The first-order chi connectivity index (χ1) is 14.8. The van der Waals surface area contributed by atoms with E-state index in [1.165, 1.54) is 0 Å². The molecule has 0 spiro atoms. The second kappa shape index (κ2) is 8.10. The Balaban J connectivity index is 1.55. The van der Waals surface area contributed by atoms with Crippen molar-refractivity contribution < 1.29 is 22.4 Å². The number of carbonyl (C=O) groups is 1. The van der Waals surface area contributed by atoms with Crippen LogP contribution in [-0.2, 0) is 12.7 Å². The van der Waals surface area contributed by atoms with Crippen molar-refractivity contribution in [3.05, 3.63) is 90.1 Å². The molecule has 2 N–H and O–H groups in total. The molecule has 158 valence electrons. The number of fused-ring (bicyclic) bond motifs is 1. The van der Waals surface area contributed by atoms with E-state index in [2.05, 4.69) is 15.6 Å². The predicted octanol–water partition coefficient (Wildman–Crippen LogP) is 5.89. The average molecular weight is 428 g/mol. The molecule has 0 aliphatic rings. The van der Waals surface area contributed by atoms with Crippen LogP contribution in [0.15, 0.2) is 73.2 Å². The van der Waals surface area contributed by atoms with E-state index in [0.717, 1.165) is 16.5 Å². The minimum absolute atomic E-state index is 0.441. The maximum absolute atomic E-state index is 13.9. The van der Waals surface area contributed by atoms with Crippen LogP contribution in [0.4, 0.5) is 33.7 Å². The lowest BCUT2D eigenvalue weighted by molar-refractivity contribution is -0.137. The highest BCUT2D eigenvalue weighted by Crippen LogP contribution is 2.32. The lowest BCUT2D eigenvalue weighted by Crippen LogP contribution is -2.20. The van der Waals surface area contributed by atoms with Crippen molar-refractivity contribution in [2.24, 2.45) is 0 Å². The summed E-state index contributed by atoms with van der Waals surface area (Å²) in [6.45, 7) is 0.594. The van der Waals surface area contributed by atoms with Gasteiger partial charge in [-0.15, -0.1) is 0 Å². The topological polar surface area (TPSA) is 59.0 Å². The molecule has 0 aliphatic heterocycles. The van der Waals surface area contributed by atoms with Crippen LogP contribution in [0.2, 0.25) is 0 Å². The first-order valence-electron chi connectivity index (χ1n) is 9.23. The third kappa shape index (κ3) is 4.50. The molecule has 2 heterocycles. The highest BCUT2D eigenvalue weighted by molar-refractivity contribution is 6.05. The summed E-state index contributed by atoms with van der Waals surface area (Å²) in [6.07, 6.45) is 0.612. The quantitative estimate of drug-likeness (QED) is 0.399. The number of amides is 2. The summed E-state index contributed by atoms with van der Waals surface area (Å²) in [4.78, 5) is 16.3. The van der Waals surface area contributed by atoms with E-state index in [0.29, 0.717) is 30.4 Å². The molecule has 0 saturated carbocycles. The normalized spacial score (nSPS) is 11.5. The summed E-state index contributed by atoms with van der Waals surface area (Å²) < 4.78 is 54.5. The van der Waals surface area contributed by atoms with E-state index in [-0.39, 0.29) is 0 Å². The molecule has 2 amide bonds. The number of aromatic nitrogens is 2. The fourth-order valence-electron chi connectivity index (χ4n) is 3.23. The molecular formula is C22H16F4N4O. The van der Waals surface area contributed by atoms with Crippen LogP contribution in [0.5, 0.6) is 0 Å². The van der Waals surface area contributed by atoms with Crippen molar-refractivity contribution >= 4 is 28.3 Å². The van der Waals surface area contributed by atoms with Crippen molar-refractivity contribution in [3.63, 3.8) is 0 Å². The smallest absolute Gasteiger partial charge is 0.343 e. The van der Waals surface area contributed by atoms with Gasteiger partial charge in [-0.25, -0.2) is 9.18 Å². The summed E-state index contributed by atoms with van der Waals surface area (Å²) in [5.74, 6) is -0.968. The van der Waals surface area contributed by atoms with Crippen LogP contribution in [0.1, 0.15) is 11.1 Å². The summed E-state index contributed by atoms with van der Waals surface area (Å²) in [5.41, 5.74) is 0.716. The maximum Gasteiger partial charge on any atom is 0.416 e. The zero-order valence-electron chi connectivity index (χ0n) is 15.9. The number of rotatable bonds is 4. The Kier molecular flexibility index (Phi) is 5.33. The Labute approximate surface area is 174 Å². The molecule has 0 bridgehead atoms. The second-order valence-corrected chi connectivity index (χ2v) is 6.81. The summed E-state index contributed by atoms with van der Waals surface area (Å²) in [5, 5.41) is 5.45. The summed E-state index contributed by atoms with van der Waals surface area (Å²) in [7, 11) is 0. The van der Waals surface area contributed by atoms with Gasteiger partial charge < -0.3 is 15.2 Å². The van der Waals surface area contributed by atoms with Crippen molar-refractivity contribution in [1.82, 2.24) is 9.55 Å². The van der Waals surface area contributed by atoms with Gasteiger partial charge in [0.15, 0.2) is 0 Å². The van der Waals surface area contributed by atoms with Crippen molar-refractivity contribution in [2.45, 2.75) is 12.7 Å². The Morgan fingerprint density at radius 1 is 0.968 bits per heavy atom. The van der Waals surface area contributed by atoms with Crippen LogP contribution < -0.4 is 10.6 Å². The van der Waals surface area contributed by atoms with Crippen LogP contribution in [-0.4, -0.2) is 15.6 Å². The predicted molar refractivity (Wildman–Crippen MR) is 109 cm³/mol. The number of benzene rings is 2. The monoisotopic (exact) mass is 428 g/mol. The van der Waals surface area contributed by atoms with Gasteiger partial charge in [0.2, 0.25) is 0 Å². The van der Waals surface area contributed by atoms with Gasteiger partial charge in [0.1, 0.15) is 5.82 Å². The van der Waals surface area contributed by atoms with Crippen molar-refractivity contribution in [2.75, 3.05) is 10.6 Å². The van der Waals surface area contributed by atoms with E-state index in [1.54, 1.807) is 24.5 Å². The van der Waals surface area contributed by atoms with E-state index in [4.69, 9.17) is 0 Å². The number of hydrogen-bond donors (Lipinski definition) is 2. The van der Waals surface area contributed by atoms with E-state index < -0.39 is 29.3 Å². The molecule has 4 aromatic rings. The zero-order chi connectivity index (χ0) is 22.0. The molecule has 2 aromatic heterocycles. The molecule has 0 aliphatic carbocycles. The highest BCUT2D eigenvalue weighted by Gasteiger charge is 2.31. The highest BCUT2D eigenvalue weighted by atomic mass is 19.4. The number of alkyl halides is 3.